The summed E-state index contributed by atoms with van der Waals surface area (Å²) in [5.74, 6) is -2.70. The van der Waals surface area contributed by atoms with Gasteiger partial charge in [0, 0.05) is 13.3 Å². The number of allylic oxidation sites excluding steroid dienone is 12. The van der Waals surface area contributed by atoms with E-state index in [4.69, 9.17) is 24.8 Å². The number of carboxylic acid groups (broad SMARTS) is 1. The number of carbonyl (C=O) groups is 3. The van der Waals surface area contributed by atoms with Crippen molar-refractivity contribution >= 4 is 25.7 Å². The Bertz CT molecular complexity index is 1000. The predicted octanol–water partition coefficient (Wildman–Crippen LogP) is 5.48. The highest BCUT2D eigenvalue weighted by Crippen LogP contribution is 2.43. The van der Waals surface area contributed by atoms with Gasteiger partial charge in [-0.15, -0.1) is 0 Å². The second-order valence-electron chi connectivity index (χ2n) is 8.87. The molecule has 0 saturated heterocycles. The van der Waals surface area contributed by atoms with Crippen LogP contribution in [0.15, 0.2) is 72.9 Å². The fraction of sp³-hybridized carbons (Fsp3) is 0.500. The van der Waals surface area contributed by atoms with Crippen molar-refractivity contribution in [1.29, 1.82) is 0 Å². The van der Waals surface area contributed by atoms with Gasteiger partial charge in [-0.1, -0.05) is 79.8 Å². The molecule has 236 valence electrons. The van der Waals surface area contributed by atoms with E-state index in [-0.39, 0.29) is 6.42 Å². The number of aliphatic carboxylic acids is 1. The smallest absolute Gasteiger partial charge is 0.472 e. The van der Waals surface area contributed by atoms with Crippen molar-refractivity contribution in [3.05, 3.63) is 72.9 Å². The monoisotopic (exact) mass is 611 g/mol. The first kappa shape index (κ1) is 38.9. The molecule has 0 aliphatic rings. The van der Waals surface area contributed by atoms with E-state index in [0.29, 0.717) is 12.8 Å². The lowest BCUT2D eigenvalue weighted by Gasteiger charge is -2.19. The van der Waals surface area contributed by atoms with Gasteiger partial charge in [-0.05, 0) is 44.9 Å². The molecule has 0 spiro atoms. The molecule has 42 heavy (non-hydrogen) atoms. The molecule has 0 aliphatic heterocycles. The van der Waals surface area contributed by atoms with Crippen LogP contribution in [0.1, 0.15) is 65.2 Å². The van der Waals surface area contributed by atoms with E-state index in [9.17, 15) is 23.8 Å². The topological polar surface area (TPSA) is 172 Å². The van der Waals surface area contributed by atoms with Crippen LogP contribution in [0, 0.1) is 0 Å². The van der Waals surface area contributed by atoms with Crippen molar-refractivity contribution in [3.8, 4) is 0 Å². The van der Waals surface area contributed by atoms with E-state index in [1.807, 2.05) is 18.2 Å². The summed E-state index contributed by atoms with van der Waals surface area (Å²) in [7, 11) is -4.69. The third kappa shape index (κ3) is 25.9. The second kappa shape index (κ2) is 25.6. The molecule has 0 aromatic heterocycles. The van der Waals surface area contributed by atoms with Gasteiger partial charge in [0.2, 0.25) is 0 Å². The number of phosphoric ester groups is 1. The highest BCUT2D eigenvalue weighted by Gasteiger charge is 2.27. The number of ether oxygens (including phenoxy) is 2. The zero-order chi connectivity index (χ0) is 31.5. The summed E-state index contributed by atoms with van der Waals surface area (Å²) >= 11 is 0. The van der Waals surface area contributed by atoms with Crippen molar-refractivity contribution in [1.82, 2.24) is 0 Å². The molecule has 0 aliphatic carbocycles. The second-order valence-corrected chi connectivity index (χ2v) is 10.3. The Labute approximate surface area is 249 Å². The van der Waals surface area contributed by atoms with Crippen molar-refractivity contribution < 1.29 is 47.5 Å². The Balaban J connectivity index is 4.25. The lowest BCUT2D eigenvalue weighted by Crippen LogP contribution is -2.34. The number of carboxylic acids is 1. The Morgan fingerprint density at radius 1 is 0.762 bits per heavy atom. The van der Waals surface area contributed by atoms with Crippen LogP contribution in [0.4, 0.5) is 0 Å². The average molecular weight is 612 g/mol. The summed E-state index contributed by atoms with van der Waals surface area (Å²) in [6.45, 7) is 1.46. The highest BCUT2D eigenvalue weighted by molar-refractivity contribution is 7.47. The van der Waals surface area contributed by atoms with E-state index in [1.165, 1.54) is 0 Å². The molecule has 12 heteroatoms. The number of hydrogen-bond donors (Lipinski definition) is 3. The maximum atomic E-state index is 12.2. The van der Waals surface area contributed by atoms with Crippen LogP contribution in [0.25, 0.3) is 0 Å². The van der Waals surface area contributed by atoms with Gasteiger partial charge in [0.1, 0.15) is 12.6 Å². The van der Waals surface area contributed by atoms with Gasteiger partial charge >= 0.3 is 25.7 Å². The van der Waals surface area contributed by atoms with Crippen LogP contribution >= 0.6 is 7.82 Å². The zero-order valence-electron chi connectivity index (χ0n) is 24.5. The van der Waals surface area contributed by atoms with Crippen LogP contribution in [-0.2, 0) is 37.5 Å². The van der Waals surface area contributed by atoms with Gasteiger partial charge in [-0.3, -0.25) is 23.4 Å². The first-order valence-electron chi connectivity index (χ1n) is 13.9. The molecular weight excluding hydrogens is 565 g/mol. The molecule has 11 nitrogen and oxygen atoms in total. The van der Waals surface area contributed by atoms with Crippen LogP contribution in [0.5, 0.6) is 0 Å². The molecule has 0 rings (SSSR count). The third-order valence-corrected chi connectivity index (χ3v) is 5.99. The molecule has 3 unspecified atom stereocenters. The first-order chi connectivity index (χ1) is 20.1. The van der Waals surface area contributed by atoms with Gasteiger partial charge in [0.05, 0.1) is 13.2 Å². The predicted molar refractivity (Wildman–Crippen MR) is 161 cm³/mol. The number of phosphoric acid groups is 1. The van der Waals surface area contributed by atoms with E-state index < -0.39 is 57.7 Å². The number of nitrogens with two attached hydrogens (primary N) is 1. The van der Waals surface area contributed by atoms with E-state index in [2.05, 4.69) is 66.1 Å². The van der Waals surface area contributed by atoms with Gasteiger partial charge in [-0.25, -0.2) is 4.57 Å². The van der Waals surface area contributed by atoms with Gasteiger partial charge in [0.25, 0.3) is 0 Å². The number of rotatable bonds is 24. The van der Waals surface area contributed by atoms with Crippen LogP contribution < -0.4 is 5.73 Å². The maximum Gasteiger partial charge on any atom is 0.472 e. The first-order valence-corrected chi connectivity index (χ1v) is 15.4. The van der Waals surface area contributed by atoms with Crippen molar-refractivity contribution in [2.45, 2.75) is 77.4 Å². The van der Waals surface area contributed by atoms with E-state index in [0.717, 1.165) is 39.0 Å². The molecule has 0 saturated carbocycles. The van der Waals surface area contributed by atoms with Crippen molar-refractivity contribution in [2.75, 3.05) is 19.8 Å². The lowest BCUT2D eigenvalue weighted by atomic mass is 10.2. The number of esters is 2. The van der Waals surface area contributed by atoms with Crippen LogP contribution in [0.2, 0.25) is 0 Å². The summed E-state index contributed by atoms with van der Waals surface area (Å²) in [4.78, 5) is 43.6. The lowest BCUT2D eigenvalue weighted by molar-refractivity contribution is -0.160. The summed E-state index contributed by atoms with van der Waals surface area (Å²) in [6, 6.07) is -1.53. The zero-order valence-corrected chi connectivity index (χ0v) is 25.4. The van der Waals surface area contributed by atoms with Gasteiger partial charge in [-0.2, -0.15) is 0 Å². The minimum Gasteiger partial charge on any atom is -0.480 e. The fourth-order valence-electron chi connectivity index (χ4n) is 2.87. The standard InChI is InChI=1S/C30H46NO10P/c1-3-4-5-6-7-8-9-10-11-12-13-14-15-16-17-18-19-20-21-22-29(33)41-27(23-38-26(2)32)24-39-42(36,37)40-25-28(31)30(34)35/h4-5,7-8,10-11,13-14,16-17,19-20,27-28H,3,6,9,12,15,18,21-25,31H2,1-2H3,(H,34,35)(H,36,37)/b5-4-,8-7-,11-10-,14-13-,17-16-,20-19-. The summed E-state index contributed by atoms with van der Waals surface area (Å²) in [5.41, 5.74) is 5.21. The Hall–Kier alpha value is -3.08. The van der Waals surface area contributed by atoms with Gasteiger partial charge < -0.3 is 25.2 Å². The van der Waals surface area contributed by atoms with Crippen molar-refractivity contribution in [3.63, 3.8) is 0 Å². The summed E-state index contributed by atoms with van der Waals surface area (Å²) < 4.78 is 31.2. The summed E-state index contributed by atoms with van der Waals surface area (Å²) in [6.07, 6.45) is 29.7. The minimum absolute atomic E-state index is 0.0273. The largest absolute Gasteiger partial charge is 0.480 e. The number of hydrogen-bond acceptors (Lipinski definition) is 9. The van der Waals surface area contributed by atoms with Crippen LogP contribution in [0.3, 0.4) is 0 Å². The fourth-order valence-corrected chi connectivity index (χ4v) is 3.65. The molecule has 0 bridgehead atoms. The molecule has 0 aromatic rings. The average Bonchev–Trinajstić information content (AvgIpc) is 2.94. The van der Waals surface area contributed by atoms with Crippen LogP contribution in [-0.4, -0.2) is 59.9 Å². The van der Waals surface area contributed by atoms with Crippen molar-refractivity contribution in [2.24, 2.45) is 5.73 Å². The Kier molecular flexibility index (Phi) is 23.7. The van der Waals surface area contributed by atoms with Gasteiger partial charge in [0.15, 0.2) is 6.10 Å². The van der Waals surface area contributed by atoms with E-state index in [1.54, 1.807) is 0 Å². The molecule has 3 atom stereocenters. The minimum atomic E-state index is -4.69. The molecule has 0 aromatic carbocycles. The summed E-state index contributed by atoms with van der Waals surface area (Å²) in [5, 5.41) is 8.70. The SMILES string of the molecule is CC/C=C\C/C=C\C/C=C\C/C=C\C/C=C\C/C=C\CCC(=O)OC(COC(C)=O)COP(=O)(O)OCC(N)C(=O)O. The Morgan fingerprint density at radius 3 is 1.67 bits per heavy atom. The molecule has 4 N–H and O–H groups in total. The Morgan fingerprint density at radius 2 is 1.21 bits per heavy atom. The molecular formula is C30H46NO10P. The quantitative estimate of drug-likeness (QED) is 0.0716. The number of carbonyl (C=O) groups excluding carboxylic acids is 2. The molecule has 0 fully saturated rings. The normalized spacial score (nSPS) is 15.3. The molecule has 0 radical (unpaired) electrons. The molecule has 0 amide bonds. The van der Waals surface area contributed by atoms with E-state index >= 15 is 0 Å². The molecule has 0 heterocycles. The third-order valence-electron chi connectivity index (χ3n) is 5.04. The maximum absolute atomic E-state index is 12.2. The highest BCUT2D eigenvalue weighted by atomic mass is 31.2.